The molecule has 0 radical (unpaired) electrons. The molecule has 188 valence electrons. The number of rotatable bonds is 4. The van der Waals surface area contributed by atoms with Crippen molar-refractivity contribution in [1.82, 2.24) is 19.9 Å². The van der Waals surface area contributed by atoms with E-state index >= 15 is 0 Å². The Morgan fingerprint density at radius 2 is 1.92 bits per heavy atom. The molecular formula is C25H30N8O3. The van der Waals surface area contributed by atoms with Crippen molar-refractivity contribution in [2.24, 2.45) is 5.73 Å². The predicted octanol–water partition coefficient (Wildman–Crippen LogP) is 2.01. The smallest absolute Gasteiger partial charge is 0.278 e. The van der Waals surface area contributed by atoms with E-state index in [9.17, 15) is 9.59 Å². The summed E-state index contributed by atoms with van der Waals surface area (Å²) in [6.07, 6.45) is 6.07. The summed E-state index contributed by atoms with van der Waals surface area (Å²) in [6.45, 7) is 2.04. The quantitative estimate of drug-likeness (QED) is 0.466. The van der Waals surface area contributed by atoms with Gasteiger partial charge < -0.3 is 31.3 Å². The highest BCUT2D eigenvalue weighted by atomic mass is 16.5. The normalized spacial score (nSPS) is 14.3. The summed E-state index contributed by atoms with van der Waals surface area (Å²) >= 11 is 0. The van der Waals surface area contributed by atoms with E-state index < -0.39 is 5.91 Å². The van der Waals surface area contributed by atoms with Crippen molar-refractivity contribution >= 4 is 29.0 Å². The van der Waals surface area contributed by atoms with Gasteiger partial charge in [-0.05, 0) is 43.7 Å². The van der Waals surface area contributed by atoms with Crippen LogP contribution in [0, 0.1) is 0 Å². The van der Waals surface area contributed by atoms with Crippen molar-refractivity contribution in [3.05, 3.63) is 54.1 Å². The van der Waals surface area contributed by atoms with Crippen LogP contribution in [0.15, 0.2) is 42.9 Å². The van der Waals surface area contributed by atoms with Crippen LogP contribution in [0.25, 0.3) is 11.3 Å². The van der Waals surface area contributed by atoms with Crippen LogP contribution in [-0.2, 0) is 0 Å². The molecule has 0 spiro atoms. The van der Waals surface area contributed by atoms with Crippen LogP contribution in [-0.4, -0.2) is 72.0 Å². The summed E-state index contributed by atoms with van der Waals surface area (Å²) in [5.74, 6) is -0.228. The second-order valence-electron chi connectivity index (χ2n) is 8.54. The Morgan fingerprint density at radius 1 is 1.11 bits per heavy atom. The van der Waals surface area contributed by atoms with Crippen molar-refractivity contribution in [2.75, 3.05) is 56.3 Å². The number of nitrogen functional groups attached to an aromatic ring is 1. The monoisotopic (exact) mass is 490 g/mol. The van der Waals surface area contributed by atoms with Crippen LogP contribution in [0.4, 0.5) is 17.2 Å². The topological polar surface area (TPSA) is 153 Å². The van der Waals surface area contributed by atoms with Crippen molar-refractivity contribution in [3.63, 3.8) is 0 Å². The lowest BCUT2D eigenvalue weighted by molar-refractivity contribution is 0.0789. The molecule has 1 aliphatic rings. The fraction of sp³-hybridized carbons (Fsp3) is 0.320. The average molecular weight is 491 g/mol. The zero-order valence-electron chi connectivity index (χ0n) is 20.4. The summed E-state index contributed by atoms with van der Waals surface area (Å²) in [5, 5.41) is 2.86. The molecule has 0 saturated heterocycles. The lowest BCUT2D eigenvalue weighted by Crippen LogP contribution is -2.31. The minimum Gasteiger partial charge on any atom is -0.493 e. The molecule has 1 aromatic carbocycles. The van der Waals surface area contributed by atoms with Crippen molar-refractivity contribution < 1.29 is 14.3 Å². The summed E-state index contributed by atoms with van der Waals surface area (Å²) < 4.78 is 5.87. The van der Waals surface area contributed by atoms with Gasteiger partial charge in [0.25, 0.3) is 11.8 Å². The molecule has 36 heavy (non-hydrogen) atoms. The zero-order chi connectivity index (χ0) is 25.7. The Morgan fingerprint density at radius 3 is 2.72 bits per heavy atom. The number of nitrogens with zero attached hydrogens (tertiary/aromatic N) is 5. The summed E-state index contributed by atoms with van der Waals surface area (Å²) in [7, 11) is 3.68. The fourth-order valence-corrected chi connectivity index (χ4v) is 3.92. The van der Waals surface area contributed by atoms with Gasteiger partial charge in [-0.3, -0.25) is 14.6 Å². The number of anilines is 3. The number of nitrogens with two attached hydrogens (primary N) is 2. The van der Waals surface area contributed by atoms with Crippen LogP contribution in [0.2, 0.25) is 0 Å². The number of carbonyl (C=O) groups is 2. The summed E-state index contributed by atoms with van der Waals surface area (Å²) in [6, 6.07) is 7.02. The molecule has 0 aliphatic carbocycles. The second kappa shape index (κ2) is 11.0. The molecule has 4 bridgehead atoms. The number of aromatic nitrogens is 3. The molecule has 3 heterocycles. The molecule has 11 nitrogen and oxygen atoms in total. The summed E-state index contributed by atoms with van der Waals surface area (Å²) in [5.41, 5.74) is 14.3. The van der Waals surface area contributed by atoms with Crippen LogP contribution in [0.1, 0.15) is 33.7 Å². The standard InChI is InChI=1S/C25H30N8O3/c1-32-10-4-11-33(2)25(35)17-13-16(5-6-21(17)36-12-3-8-26)18-15-29-23(27)22(30-18)24(34)31-19-14-28-9-7-20(19)32/h5-7,9,13-15H,3-4,8,10-12,26H2,1-2H3,(H2,27,29)(H,31,34). The molecular weight excluding hydrogens is 460 g/mol. The van der Waals surface area contributed by atoms with Crippen molar-refractivity contribution in [3.8, 4) is 17.0 Å². The van der Waals surface area contributed by atoms with E-state index in [0.717, 1.165) is 5.69 Å². The van der Waals surface area contributed by atoms with E-state index in [1.165, 1.54) is 6.20 Å². The van der Waals surface area contributed by atoms with E-state index in [4.69, 9.17) is 16.2 Å². The number of carbonyl (C=O) groups excluding carboxylic acids is 2. The van der Waals surface area contributed by atoms with Gasteiger partial charge in [-0.15, -0.1) is 0 Å². The minimum absolute atomic E-state index is 0.00562. The highest BCUT2D eigenvalue weighted by molar-refractivity contribution is 6.07. The number of benzene rings is 1. The van der Waals surface area contributed by atoms with Crippen LogP contribution < -0.4 is 26.4 Å². The Bertz CT molecular complexity index is 1270. The molecule has 11 heteroatoms. The first-order valence-electron chi connectivity index (χ1n) is 11.7. The Hall–Kier alpha value is -4.25. The van der Waals surface area contributed by atoms with Crippen molar-refractivity contribution in [2.45, 2.75) is 12.8 Å². The Balaban J connectivity index is 1.80. The maximum absolute atomic E-state index is 13.4. The molecule has 5 N–H and O–H groups in total. The minimum atomic E-state index is -0.505. The third-order valence-corrected chi connectivity index (χ3v) is 5.92. The van der Waals surface area contributed by atoms with E-state index in [-0.39, 0.29) is 17.4 Å². The maximum atomic E-state index is 13.4. The van der Waals surface area contributed by atoms with Gasteiger partial charge in [0.05, 0.1) is 41.6 Å². The lowest BCUT2D eigenvalue weighted by Gasteiger charge is -2.25. The van der Waals surface area contributed by atoms with E-state index in [1.54, 1.807) is 42.5 Å². The fourth-order valence-electron chi connectivity index (χ4n) is 3.92. The number of hydrogen-bond donors (Lipinski definition) is 3. The first-order chi connectivity index (χ1) is 17.4. The number of hydrogen-bond acceptors (Lipinski definition) is 9. The summed E-state index contributed by atoms with van der Waals surface area (Å²) in [4.78, 5) is 43.1. The molecule has 1 aliphatic heterocycles. The molecule has 2 amide bonds. The van der Waals surface area contributed by atoms with Gasteiger partial charge in [0, 0.05) is 38.9 Å². The lowest BCUT2D eigenvalue weighted by atomic mass is 10.1. The molecule has 0 unspecified atom stereocenters. The molecule has 0 atom stereocenters. The van der Waals surface area contributed by atoms with Crippen LogP contribution in [0.5, 0.6) is 5.75 Å². The zero-order valence-corrected chi connectivity index (χ0v) is 20.4. The van der Waals surface area contributed by atoms with E-state index in [0.29, 0.717) is 67.3 Å². The third-order valence-electron chi connectivity index (χ3n) is 5.92. The first kappa shape index (κ1) is 24.9. The molecule has 3 aromatic rings. The second-order valence-corrected chi connectivity index (χ2v) is 8.54. The first-order valence-corrected chi connectivity index (χ1v) is 11.7. The average Bonchev–Trinajstić information content (AvgIpc) is 2.88. The largest absolute Gasteiger partial charge is 0.493 e. The number of pyridine rings is 1. The van der Waals surface area contributed by atoms with Crippen LogP contribution >= 0.6 is 0 Å². The highest BCUT2D eigenvalue weighted by Gasteiger charge is 2.22. The van der Waals surface area contributed by atoms with E-state index in [1.807, 2.05) is 18.0 Å². The van der Waals surface area contributed by atoms with Gasteiger partial charge in [0.2, 0.25) is 0 Å². The van der Waals surface area contributed by atoms with E-state index in [2.05, 4.69) is 20.3 Å². The van der Waals surface area contributed by atoms with Gasteiger partial charge in [-0.2, -0.15) is 0 Å². The molecule has 0 fully saturated rings. The predicted molar refractivity (Wildman–Crippen MR) is 138 cm³/mol. The highest BCUT2D eigenvalue weighted by Crippen LogP contribution is 2.29. The van der Waals surface area contributed by atoms with Crippen LogP contribution in [0.3, 0.4) is 0 Å². The van der Waals surface area contributed by atoms with Crippen molar-refractivity contribution in [1.29, 1.82) is 0 Å². The number of nitrogens with one attached hydrogen (secondary N) is 1. The number of fused-ring (bicyclic) bond motifs is 6. The third kappa shape index (κ3) is 5.36. The molecule has 2 aromatic heterocycles. The SMILES string of the molecule is CN1CCCN(C)c2ccncc2NC(=O)c2nc(cnc2N)-c2ccc(OCCCN)c(c2)C1=O. The molecule has 0 saturated carbocycles. The van der Waals surface area contributed by atoms with Gasteiger partial charge in [0.15, 0.2) is 11.5 Å². The number of amides is 2. The van der Waals surface area contributed by atoms with Gasteiger partial charge in [0.1, 0.15) is 5.75 Å². The maximum Gasteiger partial charge on any atom is 0.278 e. The Kier molecular flexibility index (Phi) is 7.59. The van der Waals surface area contributed by atoms with Gasteiger partial charge >= 0.3 is 0 Å². The number of ether oxygens (including phenoxy) is 1. The van der Waals surface area contributed by atoms with Gasteiger partial charge in [-0.25, -0.2) is 9.97 Å². The van der Waals surface area contributed by atoms with Gasteiger partial charge in [-0.1, -0.05) is 0 Å². The Labute approximate surface area is 209 Å². The molecule has 4 rings (SSSR count).